The number of amides is 1. The van der Waals surface area contributed by atoms with Crippen molar-refractivity contribution in [1.82, 2.24) is 0 Å². The third kappa shape index (κ3) is 3.26. The number of carbonyl (C=O) groups excluding carboxylic acids is 1. The number of carbonyl (C=O) groups is 1. The average Bonchev–Trinajstić information content (AvgIpc) is 2.41. The summed E-state index contributed by atoms with van der Waals surface area (Å²) < 4.78 is 0. The molecule has 0 saturated heterocycles. The zero-order valence-corrected chi connectivity index (χ0v) is 11.5. The number of non-ortho nitro benzene ring substituents is 1. The predicted octanol–water partition coefficient (Wildman–Crippen LogP) is 4.15. The van der Waals surface area contributed by atoms with Crippen LogP contribution >= 0.6 is 23.2 Å². The molecule has 2 aromatic carbocycles. The molecule has 102 valence electrons. The number of anilines is 1. The molecule has 0 heterocycles. The highest BCUT2D eigenvalue weighted by Crippen LogP contribution is 2.23. The van der Waals surface area contributed by atoms with E-state index < -0.39 is 10.8 Å². The van der Waals surface area contributed by atoms with Gasteiger partial charge in [0.25, 0.3) is 11.6 Å². The van der Waals surface area contributed by atoms with Gasteiger partial charge in [-0.1, -0.05) is 23.2 Å². The first-order chi connectivity index (χ1) is 9.47. The van der Waals surface area contributed by atoms with E-state index in [1.165, 1.54) is 12.1 Å². The molecule has 7 heteroatoms. The molecule has 0 aliphatic heterocycles. The fourth-order valence-corrected chi connectivity index (χ4v) is 1.92. The Morgan fingerprint density at radius 1 is 1.10 bits per heavy atom. The van der Waals surface area contributed by atoms with Crippen LogP contribution in [-0.2, 0) is 0 Å². The summed E-state index contributed by atoms with van der Waals surface area (Å²) in [6, 6.07) is 10.2. The molecule has 0 aliphatic carbocycles. The van der Waals surface area contributed by atoms with Crippen molar-refractivity contribution in [2.24, 2.45) is 0 Å². The van der Waals surface area contributed by atoms with Gasteiger partial charge >= 0.3 is 0 Å². The lowest BCUT2D eigenvalue weighted by atomic mass is 10.2. The summed E-state index contributed by atoms with van der Waals surface area (Å²) in [5, 5.41) is 13.8. The summed E-state index contributed by atoms with van der Waals surface area (Å²) in [6.07, 6.45) is 0. The van der Waals surface area contributed by atoms with Crippen LogP contribution in [0.1, 0.15) is 10.4 Å². The number of nitro benzene ring substituents is 1. The third-order valence-electron chi connectivity index (χ3n) is 2.51. The van der Waals surface area contributed by atoms with Crippen molar-refractivity contribution in [3.05, 3.63) is 68.2 Å². The van der Waals surface area contributed by atoms with E-state index >= 15 is 0 Å². The first-order valence-corrected chi connectivity index (χ1v) is 6.24. The molecule has 0 atom stereocenters. The van der Waals surface area contributed by atoms with E-state index in [0.29, 0.717) is 10.7 Å². The molecule has 0 spiro atoms. The van der Waals surface area contributed by atoms with Gasteiger partial charge in [0.1, 0.15) is 0 Å². The maximum atomic E-state index is 12.0. The highest BCUT2D eigenvalue weighted by Gasteiger charge is 2.15. The molecule has 2 rings (SSSR count). The van der Waals surface area contributed by atoms with Crippen molar-refractivity contribution in [3.63, 3.8) is 0 Å². The number of nitrogens with zero attached hydrogens (tertiary/aromatic N) is 1. The largest absolute Gasteiger partial charge is 0.322 e. The third-order valence-corrected chi connectivity index (χ3v) is 3.07. The van der Waals surface area contributed by atoms with Crippen molar-refractivity contribution >= 4 is 40.5 Å². The van der Waals surface area contributed by atoms with Crippen molar-refractivity contribution in [2.75, 3.05) is 5.32 Å². The summed E-state index contributed by atoms with van der Waals surface area (Å²) in [4.78, 5) is 22.0. The van der Waals surface area contributed by atoms with Gasteiger partial charge in [-0.05, 0) is 30.3 Å². The second-order valence-corrected chi connectivity index (χ2v) is 4.73. The van der Waals surface area contributed by atoms with Crippen LogP contribution < -0.4 is 5.32 Å². The van der Waals surface area contributed by atoms with Gasteiger partial charge in [0.15, 0.2) is 0 Å². The van der Waals surface area contributed by atoms with Gasteiger partial charge < -0.3 is 5.32 Å². The first-order valence-electron chi connectivity index (χ1n) is 5.48. The Hall–Kier alpha value is -2.11. The lowest BCUT2D eigenvalue weighted by Gasteiger charge is -2.06. The highest BCUT2D eigenvalue weighted by molar-refractivity contribution is 6.34. The Balaban J connectivity index is 2.21. The number of benzene rings is 2. The van der Waals surface area contributed by atoms with Gasteiger partial charge in [-0.25, -0.2) is 0 Å². The zero-order chi connectivity index (χ0) is 14.7. The Bertz CT molecular complexity index is 672. The number of hydrogen-bond acceptors (Lipinski definition) is 3. The maximum absolute atomic E-state index is 12.0. The number of nitrogens with one attached hydrogen (secondary N) is 1. The Morgan fingerprint density at radius 3 is 2.30 bits per heavy atom. The Labute approximate surface area is 124 Å². The molecule has 5 nitrogen and oxygen atoms in total. The Morgan fingerprint density at radius 2 is 1.75 bits per heavy atom. The van der Waals surface area contributed by atoms with E-state index in [9.17, 15) is 14.9 Å². The molecule has 0 saturated carbocycles. The normalized spacial score (nSPS) is 10.1. The van der Waals surface area contributed by atoms with Crippen LogP contribution in [0.15, 0.2) is 42.5 Å². The summed E-state index contributed by atoms with van der Waals surface area (Å²) >= 11 is 11.6. The fraction of sp³-hybridized carbons (Fsp3) is 0. The summed E-state index contributed by atoms with van der Waals surface area (Å²) in [5.74, 6) is -0.452. The number of nitro groups is 1. The van der Waals surface area contributed by atoms with Crippen LogP contribution in [0.3, 0.4) is 0 Å². The minimum Gasteiger partial charge on any atom is -0.322 e. The lowest BCUT2D eigenvalue weighted by molar-refractivity contribution is -0.384. The van der Waals surface area contributed by atoms with Crippen LogP contribution in [0, 0.1) is 10.1 Å². The molecule has 1 amide bonds. The molecule has 0 fully saturated rings. The monoisotopic (exact) mass is 310 g/mol. The molecule has 0 bridgehead atoms. The van der Waals surface area contributed by atoms with E-state index in [1.807, 2.05) is 0 Å². The van der Waals surface area contributed by atoms with Gasteiger partial charge in [0, 0.05) is 22.8 Å². The minimum absolute atomic E-state index is 0.0191. The molecule has 0 aromatic heterocycles. The highest BCUT2D eigenvalue weighted by atomic mass is 35.5. The summed E-state index contributed by atoms with van der Waals surface area (Å²) in [5.41, 5.74) is 0.541. The molecule has 20 heavy (non-hydrogen) atoms. The van der Waals surface area contributed by atoms with Crippen molar-refractivity contribution in [1.29, 1.82) is 0 Å². The van der Waals surface area contributed by atoms with E-state index in [4.69, 9.17) is 23.2 Å². The van der Waals surface area contributed by atoms with Crippen LogP contribution in [0.25, 0.3) is 0 Å². The van der Waals surface area contributed by atoms with Crippen molar-refractivity contribution in [2.45, 2.75) is 0 Å². The maximum Gasteiger partial charge on any atom is 0.270 e. The number of rotatable bonds is 3. The molecular weight excluding hydrogens is 303 g/mol. The van der Waals surface area contributed by atoms with Gasteiger partial charge in [-0.2, -0.15) is 0 Å². The standard InChI is InChI=1S/C13H8Cl2N2O3/c14-8-1-3-9(4-2-8)16-13(18)11-6-5-10(17(19)20)7-12(11)15/h1-7H,(H,16,18). The average molecular weight is 311 g/mol. The van der Waals surface area contributed by atoms with E-state index in [2.05, 4.69) is 5.32 Å². The topological polar surface area (TPSA) is 72.2 Å². The fourth-order valence-electron chi connectivity index (χ4n) is 1.53. The molecule has 1 N–H and O–H groups in total. The summed E-state index contributed by atoms with van der Waals surface area (Å²) in [7, 11) is 0. The molecule has 0 unspecified atom stereocenters. The van der Waals surface area contributed by atoms with Crippen LogP contribution in [-0.4, -0.2) is 10.8 Å². The minimum atomic E-state index is -0.577. The van der Waals surface area contributed by atoms with E-state index in [-0.39, 0.29) is 16.3 Å². The Kier molecular flexibility index (Phi) is 4.22. The lowest BCUT2D eigenvalue weighted by Crippen LogP contribution is -2.12. The first kappa shape index (κ1) is 14.3. The molecular formula is C13H8Cl2N2O3. The summed E-state index contributed by atoms with van der Waals surface area (Å²) in [6.45, 7) is 0. The predicted molar refractivity (Wildman–Crippen MR) is 77.5 cm³/mol. The molecule has 0 aliphatic rings. The smallest absolute Gasteiger partial charge is 0.270 e. The van der Waals surface area contributed by atoms with Gasteiger partial charge in [-0.15, -0.1) is 0 Å². The van der Waals surface area contributed by atoms with Gasteiger partial charge in [-0.3, -0.25) is 14.9 Å². The second-order valence-electron chi connectivity index (χ2n) is 3.88. The van der Waals surface area contributed by atoms with Crippen molar-refractivity contribution in [3.8, 4) is 0 Å². The van der Waals surface area contributed by atoms with E-state index in [0.717, 1.165) is 6.07 Å². The number of hydrogen-bond donors (Lipinski definition) is 1. The molecule has 0 radical (unpaired) electrons. The molecule has 2 aromatic rings. The zero-order valence-electron chi connectivity index (χ0n) is 9.97. The second kappa shape index (κ2) is 5.90. The van der Waals surface area contributed by atoms with Gasteiger partial charge in [0.05, 0.1) is 15.5 Å². The quantitative estimate of drug-likeness (QED) is 0.683. The SMILES string of the molecule is O=C(Nc1ccc(Cl)cc1)c1ccc([N+](=O)[O-])cc1Cl. The number of halogens is 2. The van der Waals surface area contributed by atoms with Crippen molar-refractivity contribution < 1.29 is 9.72 Å². The van der Waals surface area contributed by atoms with Gasteiger partial charge in [0.2, 0.25) is 0 Å². The van der Waals surface area contributed by atoms with Crippen LogP contribution in [0.2, 0.25) is 10.0 Å². The van der Waals surface area contributed by atoms with Crippen LogP contribution in [0.5, 0.6) is 0 Å². The van der Waals surface area contributed by atoms with E-state index in [1.54, 1.807) is 24.3 Å². The van der Waals surface area contributed by atoms with Crippen LogP contribution in [0.4, 0.5) is 11.4 Å².